The Morgan fingerprint density at radius 2 is 1.74 bits per heavy atom. The van der Waals surface area contributed by atoms with Crippen LogP contribution in [0.2, 0.25) is 0 Å². The number of imidazole rings is 1. The van der Waals surface area contributed by atoms with Crippen LogP contribution in [0.3, 0.4) is 0 Å². The van der Waals surface area contributed by atoms with Crippen LogP contribution in [0.25, 0.3) is 11.0 Å². The molecule has 1 aliphatic rings. The summed E-state index contributed by atoms with van der Waals surface area (Å²) in [5.41, 5.74) is -0.000663. The van der Waals surface area contributed by atoms with Gasteiger partial charge in [-0.1, -0.05) is 42.5 Å². The Morgan fingerprint density at radius 1 is 1.07 bits per heavy atom. The molecule has 1 saturated heterocycles. The van der Waals surface area contributed by atoms with Crippen molar-refractivity contribution in [3.05, 3.63) is 66.0 Å². The van der Waals surface area contributed by atoms with Gasteiger partial charge in [0.25, 0.3) is 5.91 Å². The van der Waals surface area contributed by atoms with Crippen molar-refractivity contribution in [2.24, 2.45) is 0 Å². The number of nitrogens with one attached hydrogen (secondary N) is 1. The smallest absolute Gasteiger partial charge is 0.319 e. The first-order valence-electron chi connectivity index (χ1n) is 8.35. The molecule has 1 aliphatic heterocycles. The lowest BCUT2D eigenvalue weighted by atomic mass is 9.92. The van der Waals surface area contributed by atoms with E-state index < -0.39 is 24.0 Å². The van der Waals surface area contributed by atoms with Gasteiger partial charge in [0.15, 0.2) is 0 Å². The lowest BCUT2D eigenvalue weighted by molar-refractivity contribution is -0.131. The number of carbonyl (C=O) groups is 2. The maximum absolute atomic E-state index is 13.6. The highest BCUT2D eigenvalue weighted by Gasteiger charge is 2.49. The van der Waals surface area contributed by atoms with E-state index in [1.807, 2.05) is 0 Å². The van der Waals surface area contributed by atoms with Gasteiger partial charge in [-0.15, -0.1) is 0 Å². The number of carbonyl (C=O) groups excluding carboxylic acids is 2. The van der Waals surface area contributed by atoms with E-state index in [2.05, 4.69) is 10.3 Å². The minimum absolute atomic E-state index is 0.0491. The molecule has 4 rings (SSSR count). The maximum Gasteiger partial charge on any atom is 0.325 e. The van der Waals surface area contributed by atoms with Crippen LogP contribution in [0, 0.1) is 0 Å². The van der Waals surface area contributed by atoms with E-state index in [0.29, 0.717) is 11.1 Å². The van der Waals surface area contributed by atoms with Gasteiger partial charge < -0.3 is 5.32 Å². The van der Waals surface area contributed by atoms with Gasteiger partial charge in [-0.2, -0.15) is 8.78 Å². The van der Waals surface area contributed by atoms with Crippen LogP contribution >= 0.6 is 0 Å². The number of benzene rings is 2. The summed E-state index contributed by atoms with van der Waals surface area (Å²) in [6.07, 6.45) is 0. The average Bonchev–Trinajstić information content (AvgIpc) is 3.13. The molecule has 8 heteroatoms. The number of fused-ring (bicyclic) bond motifs is 1. The summed E-state index contributed by atoms with van der Waals surface area (Å²) in [6.45, 7) is -1.58. The monoisotopic (exact) mass is 370 g/mol. The minimum Gasteiger partial charge on any atom is -0.319 e. The number of aromatic nitrogens is 2. The van der Waals surface area contributed by atoms with Crippen LogP contribution in [-0.2, 0) is 16.9 Å². The zero-order valence-electron chi connectivity index (χ0n) is 14.4. The zero-order valence-corrected chi connectivity index (χ0v) is 14.4. The molecule has 27 heavy (non-hydrogen) atoms. The fourth-order valence-electron chi connectivity index (χ4n) is 3.37. The molecule has 1 aromatic heterocycles. The summed E-state index contributed by atoms with van der Waals surface area (Å²) in [7, 11) is 0. The molecule has 0 spiro atoms. The molecule has 2 aromatic carbocycles. The fraction of sp³-hybridized carbons (Fsp3) is 0.211. The molecule has 1 atom stereocenters. The number of nitrogens with zero attached hydrogens (tertiary/aromatic N) is 3. The predicted molar refractivity (Wildman–Crippen MR) is 93.9 cm³/mol. The summed E-state index contributed by atoms with van der Waals surface area (Å²) < 4.78 is 27.9. The quantitative estimate of drug-likeness (QED) is 0.716. The molecular weight excluding hydrogens is 354 g/mol. The van der Waals surface area contributed by atoms with Crippen LogP contribution < -0.4 is 5.32 Å². The second-order valence-electron chi connectivity index (χ2n) is 6.48. The largest absolute Gasteiger partial charge is 0.325 e. The summed E-state index contributed by atoms with van der Waals surface area (Å²) in [6, 6.07) is 14.6. The molecule has 0 bridgehead atoms. The normalized spacial score (nSPS) is 19.9. The first-order valence-corrected chi connectivity index (χ1v) is 8.35. The third-order valence-electron chi connectivity index (χ3n) is 4.79. The van der Waals surface area contributed by atoms with Crippen molar-refractivity contribution in [2.75, 3.05) is 0 Å². The van der Waals surface area contributed by atoms with E-state index in [4.69, 9.17) is 0 Å². The zero-order chi connectivity index (χ0) is 19.2. The van der Waals surface area contributed by atoms with Crippen molar-refractivity contribution < 1.29 is 18.4 Å². The van der Waals surface area contributed by atoms with Gasteiger partial charge in [0, 0.05) is 0 Å². The average molecular weight is 370 g/mol. The van der Waals surface area contributed by atoms with Crippen molar-refractivity contribution in [1.82, 2.24) is 19.8 Å². The highest BCUT2D eigenvalue weighted by atomic mass is 19.3. The number of hydrogen-bond acceptors (Lipinski definition) is 3. The molecule has 0 radical (unpaired) electrons. The lowest BCUT2D eigenvalue weighted by Gasteiger charge is -2.22. The standard InChI is InChI=1S/C19H16F2N4O2/c1-19(12-7-3-2-4-8-12)16(26)24(18(27)23-19)11-15-22-13-9-5-6-10-14(13)25(15)17(20)21/h2-10,17H,11H2,1H3,(H,23,27). The van der Waals surface area contributed by atoms with Crippen molar-refractivity contribution >= 4 is 23.0 Å². The highest BCUT2D eigenvalue weighted by Crippen LogP contribution is 2.31. The first-order chi connectivity index (χ1) is 12.9. The van der Waals surface area contributed by atoms with Crippen LogP contribution in [-0.4, -0.2) is 26.4 Å². The third-order valence-corrected chi connectivity index (χ3v) is 4.79. The van der Waals surface area contributed by atoms with E-state index >= 15 is 0 Å². The van der Waals surface area contributed by atoms with Gasteiger partial charge in [0.2, 0.25) is 0 Å². The number of amides is 3. The highest BCUT2D eigenvalue weighted by molar-refractivity contribution is 6.07. The number of urea groups is 1. The molecule has 2 heterocycles. The maximum atomic E-state index is 13.6. The number of rotatable bonds is 4. The second kappa shape index (κ2) is 6.15. The lowest BCUT2D eigenvalue weighted by Crippen LogP contribution is -2.40. The Labute approximate surface area is 153 Å². The molecule has 1 fully saturated rings. The van der Waals surface area contributed by atoms with Gasteiger partial charge >= 0.3 is 12.6 Å². The Kier molecular flexibility index (Phi) is 3.91. The Balaban J connectivity index is 1.72. The number of hydrogen-bond donors (Lipinski definition) is 1. The SMILES string of the molecule is CC1(c2ccccc2)NC(=O)N(Cc2nc3ccccc3n2C(F)F)C1=O. The summed E-state index contributed by atoms with van der Waals surface area (Å²) in [5.74, 6) is -0.557. The fourth-order valence-corrected chi connectivity index (χ4v) is 3.37. The summed E-state index contributed by atoms with van der Waals surface area (Å²) in [4.78, 5) is 30.5. The number of halogens is 2. The Morgan fingerprint density at radius 3 is 2.44 bits per heavy atom. The van der Waals surface area contributed by atoms with E-state index in [0.717, 1.165) is 9.47 Å². The summed E-state index contributed by atoms with van der Waals surface area (Å²) in [5, 5.41) is 2.66. The molecule has 0 aliphatic carbocycles. The van der Waals surface area contributed by atoms with Gasteiger partial charge in [0.1, 0.15) is 11.4 Å². The molecule has 0 saturated carbocycles. The van der Waals surface area contributed by atoms with Gasteiger partial charge in [-0.3, -0.25) is 14.3 Å². The predicted octanol–water partition coefficient (Wildman–Crippen LogP) is 3.40. The molecule has 1 unspecified atom stereocenters. The van der Waals surface area contributed by atoms with Crippen molar-refractivity contribution in [2.45, 2.75) is 25.6 Å². The molecule has 138 valence electrons. The summed E-state index contributed by atoms with van der Waals surface area (Å²) >= 11 is 0. The second-order valence-corrected chi connectivity index (χ2v) is 6.48. The van der Waals surface area contributed by atoms with Gasteiger partial charge in [-0.05, 0) is 24.6 Å². The number of alkyl halides is 2. The minimum atomic E-state index is -2.84. The van der Waals surface area contributed by atoms with E-state index in [1.165, 1.54) is 6.07 Å². The van der Waals surface area contributed by atoms with Crippen LogP contribution in [0.1, 0.15) is 24.9 Å². The van der Waals surface area contributed by atoms with Crippen molar-refractivity contribution in [3.63, 3.8) is 0 Å². The van der Waals surface area contributed by atoms with Gasteiger partial charge in [-0.25, -0.2) is 9.78 Å². The topological polar surface area (TPSA) is 67.2 Å². The molecular formula is C19H16F2N4O2. The van der Waals surface area contributed by atoms with Crippen LogP contribution in [0.5, 0.6) is 0 Å². The Hall–Kier alpha value is -3.29. The van der Waals surface area contributed by atoms with Crippen LogP contribution in [0.4, 0.5) is 13.6 Å². The first kappa shape index (κ1) is 17.1. The van der Waals surface area contributed by atoms with E-state index in [1.54, 1.807) is 55.5 Å². The molecule has 3 aromatic rings. The van der Waals surface area contributed by atoms with Crippen molar-refractivity contribution in [3.8, 4) is 0 Å². The number of para-hydroxylation sites is 2. The number of imide groups is 1. The van der Waals surface area contributed by atoms with E-state index in [-0.39, 0.29) is 17.9 Å². The van der Waals surface area contributed by atoms with Crippen LogP contribution in [0.15, 0.2) is 54.6 Å². The molecule has 1 N–H and O–H groups in total. The van der Waals surface area contributed by atoms with E-state index in [9.17, 15) is 18.4 Å². The van der Waals surface area contributed by atoms with Crippen molar-refractivity contribution in [1.29, 1.82) is 0 Å². The Bertz CT molecular complexity index is 1030. The molecule has 6 nitrogen and oxygen atoms in total. The molecule has 3 amide bonds. The third kappa shape index (κ3) is 2.64. The van der Waals surface area contributed by atoms with Gasteiger partial charge in [0.05, 0.1) is 17.6 Å².